The highest BCUT2D eigenvalue weighted by Crippen LogP contribution is 2.61. The average molecular weight is 541 g/mol. The van der Waals surface area contributed by atoms with Gasteiger partial charge in [-0.25, -0.2) is 0 Å². The lowest BCUT2D eigenvalue weighted by Gasteiger charge is -2.50. The number of rotatable bonds is 17. The molecule has 0 heterocycles. The lowest BCUT2D eigenvalue weighted by atomic mass is 9.55. The van der Waals surface area contributed by atoms with Crippen LogP contribution < -0.4 is 0 Å². The predicted octanol–water partition coefficient (Wildman–Crippen LogP) is 10.4. The van der Waals surface area contributed by atoms with Crippen molar-refractivity contribution in [2.24, 2.45) is 17.3 Å². The minimum Gasteiger partial charge on any atom is -0.508 e. The Kier molecular flexibility index (Phi) is 12.1. The van der Waals surface area contributed by atoms with Crippen molar-refractivity contribution in [1.82, 2.24) is 0 Å². The molecule has 1 aromatic carbocycles. The number of aromatic hydroxyl groups is 1. The molecule has 0 unspecified atom stereocenters. The van der Waals surface area contributed by atoms with Crippen LogP contribution in [0.2, 0.25) is 0 Å². The van der Waals surface area contributed by atoms with Crippen LogP contribution in [0.4, 0.5) is 0 Å². The van der Waals surface area contributed by atoms with Crippen LogP contribution in [0.1, 0.15) is 166 Å². The summed E-state index contributed by atoms with van der Waals surface area (Å²) in [6.07, 6.45) is 27.7. The van der Waals surface area contributed by atoms with Crippen molar-refractivity contribution in [2.75, 3.05) is 0 Å². The molecular formula is C36H58O3. The minimum atomic E-state index is 0.0446. The molecule has 4 rings (SSSR count). The molecule has 0 amide bonds. The molecule has 1 aromatic rings. The maximum absolute atomic E-state index is 12.8. The number of benzene rings is 1. The van der Waals surface area contributed by atoms with Crippen LogP contribution in [0.3, 0.4) is 0 Å². The van der Waals surface area contributed by atoms with Gasteiger partial charge in [0.05, 0.1) is 0 Å². The first-order valence-electron chi connectivity index (χ1n) is 17.0. The molecule has 5 atom stereocenters. The normalized spacial score (nSPS) is 27.5. The Morgan fingerprint density at radius 3 is 2.10 bits per heavy atom. The fourth-order valence-corrected chi connectivity index (χ4v) is 8.57. The number of phenols is 1. The lowest BCUT2D eigenvalue weighted by Crippen LogP contribution is -2.45. The van der Waals surface area contributed by atoms with E-state index < -0.39 is 0 Å². The van der Waals surface area contributed by atoms with Gasteiger partial charge in [-0.05, 0) is 86.0 Å². The van der Waals surface area contributed by atoms with Crippen molar-refractivity contribution in [3.63, 3.8) is 0 Å². The van der Waals surface area contributed by atoms with Gasteiger partial charge in [-0.3, -0.25) is 4.79 Å². The summed E-state index contributed by atoms with van der Waals surface area (Å²) in [6.45, 7) is 4.70. The highest BCUT2D eigenvalue weighted by atomic mass is 16.8. The smallest absolute Gasteiger partial charge is 0.306 e. The van der Waals surface area contributed by atoms with Crippen molar-refractivity contribution in [3.8, 4) is 5.75 Å². The summed E-state index contributed by atoms with van der Waals surface area (Å²) in [5.41, 5.74) is 2.96. The molecule has 3 heteroatoms. The first kappa shape index (κ1) is 30.4. The number of phenolic OH excluding ortho intramolecular Hbond substituents is 1. The zero-order valence-electron chi connectivity index (χ0n) is 25.4. The lowest BCUT2D eigenvalue weighted by molar-refractivity contribution is -0.157. The highest BCUT2D eigenvalue weighted by Gasteiger charge is 2.56. The molecular weight excluding hydrogens is 482 g/mol. The summed E-state index contributed by atoms with van der Waals surface area (Å²) in [4.78, 5) is 12.8. The number of unbranched alkanes of at least 4 members (excludes halogenated alkanes) is 14. The van der Waals surface area contributed by atoms with Crippen LogP contribution in [-0.4, -0.2) is 17.2 Å². The van der Waals surface area contributed by atoms with E-state index in [9.17, 15) is 9.90 Å². The van der Waals surface area contributed by atoms with E-state index in [0.29, 0.717) is 29.9 Å². The monoisotopic (exact) mass is 540 g/mol. The van der Waals surface area contributed by atoms with E-state index in [1.807, 2.05) is 12.1 Å². The molecule has 2 fully saturated rings. The van der Waals surface area contributed by atoms with E-state index >= 15 is 0 Å². The maximum Gasteiger partial charge on any atom is 0.306 e. The summed E-state index contributed by atoms with van der Waals surface area (Å²) < 4.78 is 6.20. The molecule has 3 aliphatic rings. The number of hydrogen-bond donors (Lipinski definition) is 1. The fourth-order valence-electron chi connectivity index (χ4n) is 8.57. The average Bonchev–Trinajstić information content (AvgIpc) is 3.26. The van der Waals surface area contributed by atoms with Crippen molar-refractivity contribution in [2.45, 2.75) is 167 Å². The number of hydrogen-bond acceptors (Lipinski definition) is 3. The first-order valence-corrected chi connectivity index (χ1v) is 17.0. The van der Waals surface area contributed by atoms with Gasteiger partial charge in [0.2, 0.25) is 0 Å². The van der Waals surface area contributed by atoms with E-state index in [1.165, 1.54) is 114 Å². The van der Waals surface area contributed by atoms with Gasteiger partial charge < -0.3 is 9.84 Å². The molecule has 39 heavy (non-hydrogen) atoms. The Hall–Kier alpha value is -1.51. The van der Waals surface area contributed by atoms with Crippen LogP contribution in [0.15, 0.2) is 18.2 Å². The summed E-state index contributed by atoms with van der Waals surface area (Å²) in [7, 11) is 0. The maximum atomic E-state index is 12.8. The molecule has 220 valence electrons. The molecule has 3 aliphatic carbocycles. The number of esters is 1. The second kappa shape index (κ2) is 15.5. The van der Waals surface area contributed by atoms with Crippen LogP contribution in [0.5, 0.6) is 5.75 Å². The van der Waals surface area contributed by atoms with Gasteiger partial charge in [0.25, 0.3) is 0 Å². The number of fused-ring (bicyclic) bond motifs is 5. The largest absolute Gasteiger partial charge is 0.508 e. The van der Waals surface area contributed by atoms with Crippen molar-refractivity contribution < 1.29 is 14.6 Å². The third kappa shape index (κ3) is 8.26. The standard InChI is InChI=1S/C36H58O3/c1-3-4-5-6-7-8-9-10-11-12-13-14-15-16-17-18-35(38)39-34-24-23-33-32-21-19-28-27-29(37)20-22-30(28)31(32)25-26-36(33,34)2/h20,22,27,31-34,37H,3-19,21,23-26H2,1-2H3/t31-,32-,33+,34+,36+/m0/s1/i35+2. The molecule has 0 spiro atoms. The van der Waals surface area contributed by atoms with Crippen LogP contribution in [0, 0.1) is 17.3 Å². The first-order chi connectivity index (χ1) is 19.0. The fraction of sp³-hybridized carbons (Fsp3) is 0.806. The van der Waals surface area contributed by atoms with Gasteiger partial charge in [0.15, 0.2) is 0 Å². The highest BCUT2D eigenvalue weighted by molar-refractivity contribution is 5.69. The molecule has 0 radical (unpaired) electrons. The zero-order valence-corrected chi connectivity index (χ0v) is 25.4. The summed E-state index contributed by atoms with van der Waals surface area (Å²) >= 11 is 0. The molecule has 0 aromatic heterocycles. The van der Waals surface area contributed by atoms with E-state index in [1.54, 1.807) is 0 Å². The van der Waals surface area contributed by atoms with Gasteiger partial charge in [-0.1, -0.05) is 110 Å². The quantitative estimate of drug-likeness (QED) is 0.158. The summed E-state index contributed by atoms with van der Waals surface area (Å²) in [5.74, 6) is 2.40. The Morgan fingerprint density at radius 2 is 1.46 bits per heavy atom. The topological polar surface area (TPSA) is 46.5 Å². The minimum absolute atomic E-state index is 0.0446. The van der Waals surface area contributed by atoms with Crippen molar-refractivity contribution in [1.29, 1.82) is 0 Å². The van der Waals surface area contributed by atoms with Crippen LogP contribution in [0.25, 0.3) is 0 Å². The number of ether oxygens (including phenoxy) is 1. The van der Waals surface area contributed by atoms with Crippen molar-refractivity contribution >= 4 is 5.97 Å². The van der Waals surface area contributed by atoms with Crippen LogP contribution >= 0.6 is 0 Å². The number of aryl methyl sites for hydroxylation is 1. The van der Waals surface area contributed by atoms with E-state index in [2.05, 4.69) is 19.9 Å². The van der Waals surface area contributed by atoms with Crippen LogP contribution in [-0.2, 0) is 16.0 Å². The van der Waals surface area contributed by atoms with Gasteiger partial charge >= 0.3 is 5.97 Å². The second-order valence-electron chi connectivity index (χ2n) is 13.6. The molecule has 0 aliphatic heterocycles. The van der Waals surface area contributed by atoms with Gasteiger partial charge in [-0.2, -0.15) is 0 Å². The molecule has 2 saturated carbocycles. The Morgan fingerprint density at radius 1 is 0.846 bits per heavy atom. The van der Waals surface area contributed by atoms with Crippen molar-refractivity contribution in [3.05, 3.63) is 29.3 Å². The Balaban J connectivity index is 1.06. The molecule has 0 saturated heterocycles. The van der Waals surface area contributed by atoms with Gasteiger partial charge in [-0.15, -0.1) is 0 Å². The van der Waals surface area contributed by atoms with E-state index in [0.717, 1.165) is 32.1 Å². The van der Waals surface area contributed by atoms with E-state index in [-0.39, 0.29) is 17.5 Å². The Bertz CT molecular complexity index is 878. The second-order valence-corrected chi connectivity index (χ2v) is 13.6. The van der Waals surface area contributed by atoms with Gasteiger partial charge in [0, 0.05) is 11.8 Å². The zero-order chi connectivity index (χ0) is 27.5. The van der Waals surface area contributed by atoms with E-state index in [4.69, 9.17) is 4.74 Å². The third-order valence-corrected chi connectivity index (χ3v) is 10.9. The summed E-state index contributed by atoms with van der Waals surface area (Å²) in [6, 6.07) is 6.02. The predicted molar refractivity (Wildman–Crippen MR) is 162 cm³/mol. The Labute approximate surface area is 239 Å². The SMILES string of the molecule is CCCCCCCCCCCCCCCCC[14C](=O)O[C@@H]1CC[C@@H]2[C@H]3CCc4cc(O)ccc4[C@@H]3CC[C@]21C. The molecule has 0 bridgehead atoms. The number of carbonyl (C=O) groups excluding carboxylic acids is 1. The number of carbonyl (C=O) groups is 1. The molecule has 1 N–H and O–H groups in total. The molecule has 3 nitrogen and oxygen atoms in total. The third-order valence-electron chi connectivity index (χ3n) is 10.9. The summed E-state index contributed by atoms with van der Waals surface area (Å²) in [5, 5.41) is 9.93. The van der Waals surface area contributed by atoms with Gasteiger partial charge in [0.1, 0.15) is 11.9 Å².